The van der Waals surface area contributed by atoms with Crippen molar-refractivity contribution in [2.24, 2.45) is 0 Å². The number of furan rings is 1. The minimum atomic E-state index is -0.250. The van der Waals surface area contributed by atoms with Gasteiger partial charge in [-0.3, -0.25) is 14.5 Å². The molecule has 1 aliphatic rings. The quantitative estimate of drug-likeness (QED) is 0.458. The third kappa shape index (κ3) is 4.37. The average Bonchev–Trinajstić information content (AvgIpc) is 3.34. The van der Waals surface area contributed by atoms with E-state index >= 15 is 0 Å². The van der Waals surface area contributed by atoms with Crippen molar-refractivity contribution in [1.29, 1.82) is 0 Å². The molecule has 2 amide bonds. The van der Waals surface area contributed by atoms with Crippen LogP contribution in [-0.4, -0.2) is 23.3 Å². The summed E-state index contributed by atoms with van der Waals surface area (Å²) >= 11 is 7.29. The van der Waals surface area contributed by atoms with Crippen molar-refractivity contribution < 1.29 is 14.0 Å². The lowest BCUT2D eigenvalue weighted by atomic mass is 10.0. The Balaban J connectivity index is 1.59. The molecule has 6 heteroatoms. The molecule has 0 aliphatic carbocycles. The van der Waals surface area contributed by atoms with Gasteiger partial charge in [0.05, 0.1) is 22.5 Å². The first-order chi connectivity index (χ1) is 14.5. The highest BCUT2D eigenvalue weighted by Crippen LogP contribution is 2.37. The summed E-state index contributed by atoms with van der Waals surface area (Å²) in [5.74, 6) is 0.748. The number of nitrogens with zero attached hydrogens (tertiary/aromatic N) is 1. The maximum Gasteiger partial charge on any atom is 0.268 e. The van der Waals surface area contributed by atoms with Gasteiger partial charge in [-0.2, -0.15) is 0 Å². The van der Waals surface area contributed by atoms with Gasteiger partial charge >= 0.3 is 0 Å². The molecule has 0 spiro atoms. The average molecular weight is 438 g/mol. The molecule has 0 unspecified atom stereocenters. The highest BCUT2D eigenvalue weighted by atomic mass is 35.5. The topological polar surface area (TPSA) is 50.5 Å². The molecule has 2 aromatic carbocycles. The van der Waals surface area contributed by atoms with Crippen molar-refractivity contribution in [3.63, 3.8) is 0 Å². The molecule has 4 nitrogen and oxygen atoms in total. The van der Waals surface area contributed by atoms with E-state index in [2.05, 4.69) is 0 Å². The van der Waals surface area contributed by atoms with Gasteiger partial charge in [0, 0.05) is 11.6 Å². The third-order valence-corrected chi connectivity index (χ3v) is 6.29. The molecule has 0 bridgehead atoms. The van der Waals surface area contributed by atoms with Crippen LogP contribution in [0.15, 0.2) is 76.2 Å². The molecule has 4 rings (SSSR count). The minimum Gasteiger partial charge on any atom is -0.468 e. The van der Waals surface area contributed by atoms with Gasteiger partial charge in [0.15, 0.2) is 0 Å². The zero-order valence-corrected chi connectivity index (χ0v) is 18.0. The number of benzene rings is 2. The lowest BCUT2D eigenvalue weighted by Gasteiger charge is -2.15. The predicted molar refractivity (Wildman–Crippen MR) is 120 cm³/mol. The number of hydrogen-bond acceptors (Lipinski definition) is 4. The number of imide groups is 1. The Bertz CT molecular complexity index is 1090. The molecule has 0 saturated carbocycles. The van der Waals surface area contributed by atoms with Crippen LogP contribution in [0.4, 0.5) is 0 Å². The summed E-state index contributed by atoms with van der Waals surface area (Å²) in [5, 5.41) is 0.659. The van der Waals surface area contributed by atoms with Gasteiger partial charge in [0.2, 0.25) is 0 Å². The van der Waals surface area contributed by atoms with E-state index in [9.17, 15) is 9.59 Å². The van der Waals surface area contributed by atoms with E-state index in [1.54, 1.807) is 6.26 Å². The summed E-state index contributed by atoms with van der Waals surface area (Å²) in [5.41, 5.74) is 3.34. The van der Waals surface area contributed by atoms with Crippen LogP contribution in [0.5, 0.6) is 0 Å². The lowest BCUT2D eigenvalue weighted by Crippen LogP contribution is -2.33. The standard InChI is InChI=1S/C24H20ClNO3S/c1-16-4-8-18(9-5-16)21-22(30-15-20-3-2-14-29-20)24(28)26(23(21)27)13-12-17-6-10-19(25)11-7-17/h2-11,14H,12-13,15H2,1H3. The molecule has 0 fully saturated rings. The third-order valence-electron chi connectivity index (χ3n) is 4.94. The van der Waals surface area contributed by atoms with Gasteiger partial charge in [-0.1, -0.05) is 53.6 Å². The highest BCUT2D eigenvalue weighted by Gasteiger charge is 2.38. The Hall–Kier alpha value is -2.76. The number of halogens is 1. The van der Waals surface area contributed by atoms with Crippen molar-refractivity contribution >= 4 is 40.8 Å². The summed E-state index contributed by atoms with van der Waals surface area (Å²) in [7, 11) is 0. The summed E-state index contributed by atoms with van der Waals surface area (Å²) in [6, 6.07) is 18.8. The molecule has 1 aliphatic heterocycles. The van der Waals surface area contributed by atoms with Crippen molar-refractivity contribution in [2.75, 3.05) is 6.54 Å². The maximum absolute atomic E-state index is 13.2. The van der Waals surface area contributed by atoms with E-state index in [0.717, 1.165) is 22.5 Å². The molecule has 0 radical (unpaired) electrons. The zero-order valence-electron chi connectivity index (χ0n) is 16.4. The number of hydrogen-bond donors (Lipinski definition) is 0. The number of rotatable bonds is 7. The van der Waals surface area contributed by atoms with Crippen LogP contribution in [0.25, 0.3) is 5.57 Å². The van der Waals surface area contributed by atoms with Gasteiger partial charge < -0.3 is 4.42 Å². The number of thioether (sulfide) groups is 1. The Morgan fingerprint density at radius 1 is 0.967 bits per heavy atom. The van der Waals surface area contributed by atoms with Gasteiger partial charge in [-0.15, -0.1) is 11.8 Å². The zero-order chi connectivity index (χ0) is 21.1. The predicted octanol–water partition coefficient (Wildman–Crippen LogP) is 5.50. The second-order valence-corrected chi connectivity index (χ2v) is 8.50. The van der Waals surface area contributed by atoms with Crippen LogP contribution in [0.1, 0.15) is 22.5 Å². The number of amides is 2. The van der Waals surface area contributed by atoms with Crippen LogP contribution in [-0.2, 0) is 21.8 Å². The van der Waals surface area contributed by atoms with Crippen LogP contribution >= 0.6 is 23.4 Å². The first kappa shape index (κ1) is 20.5. The summed E-state index contributed by atoms with van der Waals surface area (Å²) in [4.78, 5) is 28.2. The van der Waals surface area contributed by atoms with Gasteiger partial charge in [0.1, 0.15) is 5.76 Å². The van der Waals surface area contributed by atoms with Crippen molar-refractivity contribution in [3.8, 4) is 0 Å². The molecule has 1 aromatic heterocycles. The summed E-state index contributed by atoms with van der Waals surface area (Å²) in [6.07, 6.45) is 2.18. The van der Waals surface area contributed by atoms with E-state index < -0.39 is 0 Å². The fourth-order valence-electron chi connectivity index (χ4n) is 3.30. The van der Waals surface area contributed by atoms with Gasteiger partial charge in [-0.25, -0.2) is 0 Å². The van der Waals surface area contributed by atoms with Crippen molar-refractivity contribution in [1.82, 2.24) is 4.90 Å². The lowest BCUT2D eigenvalue weighted by molar-refractivity contribution is -0.136. The largest absolute Gasteiger partial charge is 0.468 e. The molecule has 2 heterocycles. The molecule has 0 saturated heterocycles. The Morgan fingerprint density at radius 2 is 1.70 bits per heavy atom. The second kappa shape index (κ2) is 8.94. The molecule has 30 heavy (non-hydrogen) atoms. The van der Waals surface area contributed by atoms with Crippen LogP contribution in [0.2, 0.25) is 5.02 Å². The Kier molecular flexibility index (Phi) is 6.11. The summed E-state index contributed by atoms with van der Waals surface area (Å²) in [6.45, 7) is 2.31. The molecule has 152 valence electrons. The normalized spacial score (nSPS) is 14.1. The molecule has 3 aromatic rings. The number of carbonyl (C=O) groups is 2. The maximum atomic E-state index is 13.2. The van der Waals surface area contributed by atoms with E-state index in [4.69, 9.17) is 16.0 Å². The van der Waals surface area contributed by atoms with Gasteiger partial charge in [0.25, 0.3) is 11.8 Å². The monoisotopic (exact) mass is 437 g/mol. The number of aryl methyl sites for hydroxylation is 1. The SMILES string of the molecule is Cc1ccc(C2=C(SCc3ccco3)C(=O)N(CCc3ccc(Cl)cc3)C2=O)cc1. The van der Waals surface area contributed by atoms with Crippen molar-refractivity contribution in [2.45, 2.75) is 19.1 Å². The smallest absolute Gasteiger partial charge is 0.268 e. The van der Waals surface area contributed by atoms with E-state index in [0.29, 0.717) is 34.2 Å². The fraction of sp³-hybridized carbons (Fsp3) is 0.167. The first-order valence-electron chi connectivity index (χ1n) is 9.60. The Morgan fingerprint density at radius 3 is 2.37 bits per heavy atom. The van der Waals surface area contributed by atoms with Crippen LogP contribution in [0.3, 0.4) is 0 Å². The fourth-order valence-corrected chi connectivity index (χ4v) is 4.46. The molecular weight excluding hydrogens is 418 g/mol. The summed E-state index contributed by atoms with van der Waals surface area (Å²) < 4.78 is 5.39. The molecule has 0 atom stereocenters. The molecular formula is C24H20ClNO3S. The van der Waals surface area contributed by atoms with Crippen LogP contribution < -0.4 is 0 Å². The van der Waals surface area contributed by atoms with Gasteiger partial charge in [-0.05, 0) is 48.7 Å². The highest BCUT2D eigenvalue weighted by molar-refractivity contribution is 8.03. The minimum absolute atomic E-state index is 0.249. The van der Waals surface area contributed by atoms with Crippen molar-refractivity contribution in [3.05, 3.63) is 99.3 Å². The first-order valence-corrected chi connectivity index (χ1v) is 11.0. The second-order valence-electron chi connectivity index (χ2n) is 7.08. The van der Waals surface area contributed by atoms with E-state index in [-0.39, 0.29) is 11.8 Å². The van der Waals surface area contributed by atoms with Crippen LogP contribution in [0, 0.1) is 6.92 Å². The Labute approximate surface area is 184 Å². The van der Waals surface area contributed by atoms with E-state index in [1.807, 2.05) is 67.6 Å². The molecule has 0 N–H and O–H groups in total. The number of carbonyl (C=O) groups excluding carboxylic acids is 2. The van der Waals surface area contributed by atoms with E-state index in [1.165, 1.54) is 16.7 Å².